The predicted octanol–water partition coefficient (Wildman–Crippen LogP) is 6.27. The van der Waals surface area contributed by atoms with Crippen LogP contribution in [0.4, 0.5) is 0 Å². The van der Waals surface area contributed by atoms with E-state index in [9.17, 15) is 5.11 Å². The summed E-state index contributed by atoms with van der Waals surface area (Å²) in [6.45, 7) is 1.87. The fraction of sp³-hybridized carbons (Fsp3) is 0.115. The highest BCUT2D eigenvalue weighted by molar-refractivity contribution is 14.1. The zero-order chi connectivity index (χ0) is 22.6. The van der Waals surface area contributed by atoms with Gasteiger partial charge in [-0.1, -0.05) is 24.3 Å². The van der Waals surface area contributed by atoms with Gasteiger partial charge in [0.1, 0.15) is 10.8 Å². The van der Waals surface area contributed by atoms with Crippen molar-refractivity contribution in [3.05, 3.63) is 106 Å². The second-order valence-electron chi connectivity index (χ2n) is 7.74. The number of aromatic nitrogens is 3. The number of benzene rings is 2. The maximum absolute atomic E-state index is 10.9. The summed E-state index contributed by atoms with van der Waals surface area (Å²) in [6.07, 6.45) is 3.62. The van der Waals surface area contributed by atoms with Crippen molar-refractivity contribution in [1.82, 2.24) is 19.9 Å². The van der Waals surface area contributed by atoms with Crippen molar-refractivity contribution >= 4 is 44.1 Å². The maximum Gasteiger partial charge on any atom is 0.133 e. The molecule has 0 fully saturated rings. The lowest BCUT2D eigenvalue weighted by Gasteiger charge is -2.23. The smallest absolute Gasteiger partial charge is 0.133 e. The topological polar surface area (TPSA) is 62.1 Å². The van der Waals surface area contributed by atoms with E-state index >= 15 is 0 Å². The lowest BCUT2D eigenvalue weighted by atomic mass is 10.1. The van der Waals surface area contributed by atoms with Crippen LogP contribution in [0.3, 0.4) is 0 Å². The summed E-state index contributed by atoms with van der Waals surface area (Å²) in [7, 11) is 0. The molecule has 5 aromatic rings. The summed E-state index contributed by atoms with van der Waals surface area (Å²) in [5.74, 6) is 0.313. The molecule has 0 unspecified atom stereocenters. The molecule has 0 bridgehead atoms. The van der Waals surface area contributed by atoms with Crippen molar-refractivity contribution < 1.29 is 5.11 Å². The Morgan fingerprint density at radius 2 is 1.48 bits per heavy atom. The fourth-order valence-corrected chi connectivity index (χ4v) is 5.38. The molecule has 33 heavy (non-hydrogen) atoms. The molecule has 5 nitrogen and oxygen atoms in total. The Bertz CT molecular complexity index is 1300. The van der Waals surface area contributed by atoms with Gasteiger partial charge in [-0.05, 0) is 71.1 Å². The van der Waals surface area contributed by atoms with Crippen molar-refractivity contribution in [2.75, 3.05) is 0 Å². The molecule has 7 heteroatoms. The van der Waals surface area contributed by atoms with Crippen molar-refractivity contribution in [2.45, 2.75) is 19.6 Å². The van der Waals surface area contributed by atoms with Crippen molar-refractivity contribution in [3.8, 4) is 16.3 Å². The van der Waals surface area contributed by atoms with E-state index in [1.165, 1.54) is 0 Å². The minimum atomic E-state index is 0.313. The van der Waals surface area contributed by atoms with Gasteiger partial charge < -0.3 is 5.11 Å². The van der Waals surface area contributed by atoms with E-state index < -0.39 is 0 Å². The number of fused-ring (bicyclic) bond motifs is 1. The first-order valence-corrected chi connectivity index (χ1v) is 12.4. The van der Waals surface area contributed by atoms with Gasteiger partial charge >= 0.3 is 0 Å². The Labute approximate surface area is 209 Å². The number of halogens is 1. The van der Waals surface area contributed by atoms with Crippen LogP contribution in [0.2, 0.25) is 0 Å². The van der Waals surface area contributed by atoms with E-state index in [2.05, 4.69) is 49.6 Å². The van der Waals surface area contributed by atoms with Crippen LogP contribution in [0.15, 0.2) is 85.2 Å². The fourth-order valence-electron chi connectivity index (χ4n) is 3.75. The Morgan fingerprint density at radius 1 is 0.818 bits per heavy atom. The third-order valence-electron chi connectivity index (χ3n) is 5.30. The molecule has 3 heterocycles. The molecule has 0 atom stereocenters. The van der Waals surface area contributed by atoms with Crippen LogP contribution in [-0.2, 0) is 19.6 Å². The molecule has 5 rings (SSSR count). The van der Waals surface area contributed by atoms with Crippen LogP contribution in [-0.4, -0.2) is 25.0 Å². The first kappa shape index (κ1) is 21.9. The number of thiazole rings is 1. The van der Waals surface area contributed by atoms with E-state index in [0.29, 0.717) is 25.4 Å². The van der Waals surface area contributed by atoms with Crippen LogP contribution in [0.1, 0.15) is 17.0 Å². The van der Waals surface area contributed by atoms with Gasteiger partial charge in [0.25, 0.3) is 0 Å². The van der Waals surface area contributed by atoms with Gasteiger partial charge in [0.2, 0.25) is 0 Å². The minimum Gasteiger partial charge on any atom is -0.507 e. The molecular weight excluding hydrogens is 543 g/mol. The zero-order valence-corrected chi connectivity index (χ0v) is 20.7. The largest absolute Gasteiger partial charge is 0.507 e. The lowest BCUT2D eigenvalue weighted by molar-refractivity contribution is 0.238. The number of phenols is 1. The van der Waals surface area contributed by atoms with Crippen LogP contribution < -0.4 is 0 Å². The molecule has 164 valence electrons. The molecule has 0 aliphatic heterocycles. The molecule has 1 N–H and O–H groups in total. The summed E-state index contributed by atoms with van der Waals surface area (Å²) in [4.78, 5) is 16.1. The average Bonchev–Trinajstić information content (AvgIpc) is 3.27. The SMILES string of the molecule is Oc1c(I)cc(-c2nc3ccccc3s2)cc1CN(Cc1ccccn1)Cc1ccccn1. The molecule has 0 amide bonds. The van der Waals surface area contributed by atoms with Crippen LogP contribution in [0.5, 0.6) is 5.75 Å². The van der Waals surface area contributed by atoms with E-state index in [4.69, 9.17) is 4.98 Å². The van der Waals surface area contributed by atoms with Crippen LogP contribution in [0, 0.1) is 3.57 Å². The standard InChI is InChI=1S/C26H21IN4OS/c27-22-14-18(26-30-23-9-1-2-10-24(23)33-26)13-19(25(22)32)15-31(16-20-7-3-5-11-28-20)17-21-8-4-6-12-29-21/h1-14,32H,15-17H2. The maximum atomic E-state index is 10.9. The Hall–Kier alpha value is -2.88. The van der Waals surface area contributed by atoms with Gasteiger partial charge in [-0.3, -0.25) is 14.9 Å². The van der Waals surface area contributed by atoms with E-state index in [0.717, 1.165) is 41.3 Å². The molecular formula is C26H21IN4OS. The second kappa shape index (κ2) is 9.94. The first-order valence-electron chi connectivity index (χ1n) is 10.6. The van der Waals surface area contributed by atoms with Gasteiger partial charge in [-0.2, -0.15) is 0 Å². The zero-order valence-electron chi connectivity index (χ0n) is 17.7. The Morgan fingerprint density at radius 3 is 2.12 bits per heavy atom. The molecule has 0 saturated heterocycles. The third kappa shape index (κ3) is 5.21. The third-order valence-corrected chi connectivity index (χ3v) is 7.21. The monoisotopic (exact) mass is 564 g/mol. The van der Waals surface area contributed by atoms with Crippen molar-refractivity contribution in [1.29, 1.82) is 0 Å². The van der Waals surface area contributed by atoms with Crippen LogP contribution in [0.25, 0.3) is 20.8 Å². The Balaban J connectivity index is 1.48. The summed E-state index contributed by atoms with van der Waals surface area (Å²) in [5, 5.41) is 11.9. The number of phenolic OH excluding ortho intramolecular Hbond substituents is 1. The summed E-state index contributed by atoms with van der Waals surface area (Å²) in [6, 6.07) is 24.1. The number of hydrogen-bond donors (Lipinski definition) is 1. The number of nitrogens with zero attached hydrogens (tertiary/aromatic N) is 4. The van der Waals surface area contributed by atoms with Gasteiger partial charge in [0.15, 0.2) is 0 Å². The van der Waals surface area contributed by atoms with Gasteiger partial charge in [0, 0.05) is 43.2 Å². The van der Waals surface area contributed by atoms with Crippen molar-refractivity contribution in [2.24, 2.45) is 0 Å². The minimum absolute atomic E-state index is 0.313. The summed E-state index contributed by atoms with van der Waals surface area (Å²) in [5.41, 5.74) is 4.83. The number of rotatable bonds is 7. The van der Waals surface area contributed by atoms with Gasteiger partial charge in [0.05, 0.1) is 25.2 Å². The molecule has 0 radical (unpaired) electrons. The number of pyridine rings is 2. The van der Waals surface area contributed by atoms with Crippen molar-refractivity contribution in [3.63, 3.8) is 0 Å². The summed E-state index contributed by atoms with van der Waals surface area (Å²) >= 11 is 3.87. The highest BCUT2D eigenvalue weighted by atomic mass is 127. The van der Waals surface area contributed by atoms with E-state index in [1.807, 2.05) is 73.1 Å². The molecule has 0 saturated carbocycles. The Kier molecular flexibility index (Phi) is 6.61. The van der Waals surface area contributed by atoms with Crippen LogP contribution >= 0.6 is 33.9 Å². The number of para-hydroxylation sites is 1. The summed E-state index contributed by atoms with van der Waals surface area (Å²) < 4.78 is 1.97. The molecule has 0 aliphatic rings. The molecule has 0 aliphatic carbocycles. The molecule has 2 aromatic carbocycles. The number of hydrogen-bond acceptors (Lipinski definition) is 6. The van der Waals surface area contributed by atoms with Gasteiger partial charge in [-0.25, -0.2) is 4.98 Å². The van der Waals surface area contributed by atoms with Gasteiger partial charge in [-0.15, -0.1) is 11.3 Å². The highest BCUT2D eigenvalue weighted by Crippen LogP contribution is 2.36. The lowest BCUT2D eigenvalue weighted by Crippen LogP contribution is -2.23. The predicted molar refractivity (Wildman–Crippen MR) is 141 cm³/mol. The first-order chi connectivity index (χ1) is 16.2. The quantitative estimate of drug-likeness (QED) is 0.236. The van der Waals surface area contributed by atoms with E-state index in [-0.39, 0.29) is 0 Å². The molecule has 0 spiro atoms. The second-order valence-corrected chi connectivity index (χ2v) is 9.93. The highest BCUT2D eigenvalue weighted by Gasteiger charge is 2.17. The average molecular weight is 564 g/mol. The molecule has 3 aromatic heterocycles. The normalized spacial score (nSPS) is 11.3. The van der Waals surface area contributed by atoms with E-state index in [1.54, 1.807) is 11.3 Å². The number of aromatic hydroxyl groups is 1.